The Hall–Kier alpha value is -2.02. The second-order valence-corrected chi connectivity index (χ2v) is 5.51. The molecule has 1 aliphatic rings. The van der Waals surface area contributed by atoms with E-state index >= 15 is 0 Å². The molecule has 1 aliphatic heterocycles. The lowest BCUT2D eigenvalue weighted by Crippen LogP contribution is -2.40. The van der Waals surface area contributed by atoms with Crippen molar-refractivity contribution in [2.24, 2.45) is 5.41 Å². The Morgan fingerprint density at radius 2 is 2.09 bits per heavy atom. The third-order valence-corrected chi connectivity index (χ3v) is 3.92. The predicted octanol–water partition coefficient (Wildman–Crippen LogP) is 1.46. The van der Waals surface area contributed by atoms with E-state index in [9.17, 15) is 23.5 Å². The maximum Gasteiger partial charge on any atom is 0.313 e. The lowest BCUT2D eigenvalue weighted by Gasteiger charge is -2.23. The second kappa shape index (κ2) is 6.39. The topological polar surface area (TPSA) is 66.8 Å². The number of halogens is 2. The number of hydrogen-bond donors (Lipinski definition) is 1. The Morgan fingerprint density at radius 1 is 1.36 bits per heavy atom. The molecule has 0 saturated carbocycles. The summed E-state index contributed by atoms with van der Waals surface area (Å²) in [6.45, 7) is 0.383. The molecule has 1 aromatic rings. The molecule has 1 fully saturated rings. The molecule has 1 aromatic carbocycles. The van der Waals surface area contributed by atoms with Gasteiger partial charge in [0, 0.05) is 20.2 Å². The highest BCUT2D eigenvalue weighted by Crippen LogP contribution is 2.31. The molecule has 1 unspecified atom stereocenters. The van der Waals surface area contributed by atoms with E-state index in [0.29, 0.717) is 18.5 Å². The summed E-state index contributed by atoms with van der Waals surface area (Å²) in [4.78, 5) is 25.0. The number of hydrogen-bond acceptors (Lipinski definition) is 3. The quantitative estimate of drug-likeness (QED) is 0.893. The van der Waals surface area contributed by atoms with Gasteiger partial charge in [-0.2, -0.15) is 0 Å². The Kier molecular flexibility index (Phi) is 4.75. The first kappa shape index (κ1) is 16.4. The molecule has 0 aromatic heterocycles. The van der Waals surface area contributed by atoms with Crippen LogP contribution in [0, 0.1) is 17.0 Å². The van der Waals surface area contributed by atoms with Crippen LogP contribution >= 0.6 is 0 Å². The summed E-state index contributed by atoms with van der Waals surface area (Å²) in [7, 11) is 1.41. The first-order valence-corrected chi connectivity index (χ1v) is 6.82. The van der Waals surface area contributed by atoms with Crippen molar-refractivity contribution in [2.45, 2.75) is 12.8 Å². The van der Waals surface area contributed by atoms with E-state index in [0.717, 1.165) is 12.1 Å². The van der Waals surface area contributed by atoms with Crippen molar-refractivity contribution in [2.75, 3.05) is 26.8 Å². The largest absolute Gasteiger partial charge is 0.481 e. The SMILES string of the molecule is COCC1(C(=O)O)CCN(C(=O)Cc2ccc(F)c(F)c2)C1. The highest BCUT2D eigenvalue weighted by atomic mass is 19.2. The van der Waals surface area contributed by atoms with Crippen molar-refractivity contribution in [1.82, 2.24) is 4.90 Å². The molecule has 1 amide bonds. The van der Waals surface area contributed by atoms with Gasteiger partial charge in [0.1, 0.15) is 5.41 Å². The van der Waals surface area contributed by atoms with Gasteiger partial charge in [-0.1, -0.05) is 6.07 Å². The molecule has 0 aliphatic carbocycles. The van der Waals surface area contributed by atoms with Crippen LogP contribution in [-0.4, -0.2) is 48.7 Å². The van der Waals surface area contributed by atoms with Crippen LogP contribution in [0.1, 0.15) is 12.0 Å². The highest BCUT2D eigenvalue weighted by Gasteiger charge is 2.46. The summed E-state index contributed by atoms with van der Waals surface area (Å²) >= 11 is 0. The van der Waals surface area contributed by atoms with E-state index < -0.39 is 23.0 Å². The Bertz CT molecular complexity index is 593. The van der Waals surface area contributed by atoms with Gasteiger partial charge in [0.15, 0.2) is 11.6 Å². The summed E-state index contributed by atoms with van der Waals surface area (Å²) < 4.78 is 31.0. The number of likely N-dealkylation sites (tertiary alicyclic amines) is 1. The standard InChI is InChI=1S/C15H17F2NO4/c1-22-9-15(14(20)21)4-5-18(8-15)13(19)7-10-2-3-11(16)12(17)6-10/h2-3,6H,4-5,7-9H2,1H3,(H,20,21). The van der Waals surface area contributed by atoms with Crippen LogP contribution in [0.25, 0.3) is 0 Å². The number of methoxy groups -OCH3 is 1. The average molecular weight is 313 g/mol. The maximum absolute atomic E-state index is 13.1. The van der Waals surface area contributed by atoms with Gasteiger partial charge in [-0.15, -0.1) is 0 Å². The molecule has 120 valence electrons. The summed E-state index contributed by atoms with van der Waals surface area (Å²) in [5, 5.41) is 9.34. The molecule has 22 heavy (non-hydrogen) atoms. The third-order valence-electron chi connectivity index (χ3n) is 3.92. The van der Waals surface area contributed by atoms with Crippen LogP contribution in [0.2, 0.25) is 0 Å². The fraction of sp³-hybridized carbons (Fsp3) is 0.467. The highest BCUT2D eigenvalue weighted by molar-refractivity contribution is 5.82. The smallest absolute Gasteiger partial charge is 0.313 e. The molecule has 1 N–H and O–H groups in total. The first-order valence-electron chi connectivity index (χ1n) is 6.82. The van der Waals surface area contributed by atoms with Crippen molar-refractivity contribution < 1.29 is 28.2 Å². The lowest BCUT2D eigenvalue weighted by atomic mass is 9.88. The summed E-state index contributed by atoms with van der Waals surface area (Å²) in [6, 6.07) is 3.28. The number of nitrogens with zero attached hydrogens (tertiary/aromatic N) is 1. The number of ether oxygens (including phenoxy) is 1. The molecule has 0 bridgehead atoms. The molecule has 1 saturated heterocycles. The molecular weight excluding hydrogens is 296 g/mol. The number of carboxylic acids is 1. The van der Waals surface area contributed by atoms with Crippen molar-refractivity contribution in [3.8, 4) is 0 Å². The van der Waals surface area contributed by atoms with Crippen LogP contribution in [0.4, 0.5) is 8.78 Å². The Balaban J connectivity index is 2.05. The average Bonchev–Trinajstić information content (AvgIpc) is 2.89. The zero-order valence-electron chi connectivity index (χ0n) is 12.1. The van der Waals surface area contributed by atoms with Gasteiger partial charge in [0.2, 0.25) is 5.91 Å². The molecule has 7 heteroatoms. The number of amides is 1. The molecule has 1 atom stereocenters. The van der Waals surface area contributed by atoms with Gasteiger partial charge in [0.05, 0.1) is 13.0 Å². The second-order valence-electron chi connectivity index (χ2n) is 5.51. The Labute approximate surface area is 126 Å². The van der Waals surface area contributed by atoms with E-state index in [1.807, 2.05) is 0 Å². The fourth-order valence-corrected chi connectivity index (χ4v) is 2.65. The minimum Gasteiger partial charge on any atom is -0.481 e. The summed E-state index contributed by atoms with van der Waals surface area (Å²) in [5.41, 5.74) is -0.748. The number of rotatable bonds is 5. The van der Waals surface area contributed by atoms with Crippen molar-refractivity contribution in [1.29, 1.82) is 0 Å². The van der Waals surface area contributed by atoms with Crippen molar-refractivity contribution in [3.63, 3.8) is 0 Å². The minimum absolute atomic E-state index is 0.0251. The van der Waals surface area contributed by atoms with E-state index in [1.165, 1.54) is 18.1 Å². The van der Waals surface area contributed by atoms with Gasteiger partial charge >= 0.3 is 5.97 Å². The van der Waals surface area contributed by atoms with Crippen molar-refractivity contribution in [3.05, 3.63) is 35.4 Å². The van der Waals surface area contributed by atoms with Crippen LogP contribution in [-0.2, 0) is 20.7 Å². The maximum atomic E-state index is 13.1. The number of carbonyl (C=O) groups excluding carboxylic acids is 1. The molecule has 5 nitrogen and oxygen atoms in total. The fourth-order valence-electron chi connectivity index (χ4n) is 2.65. The van der Waals surface area contributed by atoms with E-state index in [1.54, 1.807) is 0 Å². The normalized spacial score (nSPS) is 21.1. The van der Waals surface area contributed by atoms with Gasteiger partial charge in [-0.25, -0.2) is 8.78 Å². The lowest BCUT2D eigenvalue weighted by molar-refractivity contribution is -0.151. The van der Waals surface area contributed by atoms with Crippen molar-refractivity contribution >= 4 is 11.9 Å². The number of carbonyl (C=O) groups is 2. The third kappa shape index (κ3) is 3.24. The minimum atomic E-state index is -1.10. The first-order chi connectivity index (χ1) is 10.4. The number of aliphatic carboxylic acids is 1. The molecular formula is C15H17F2NO4. The van der Waals surface area contributed by atoms with Crippen LogP contribution in [0.3, 0.4) is 0 Å². The monoisotopic (exact) mass is 313 g/mol. The number of benzene rings is 1. The zero-order valence-corrected chi connectivity index (χ0v) is 12.1. The van der Waals surface area contributed by atoms with E-state index in [4.69, 9.17) is 4.74 Å². The Morgan fingerprint density at radius 3 is 2.68 bits per heavy atom. The summed E-state index contributed by atoms with van der Waals surface area (Å²) in [5.74, 6) is -3.30. The molecule has 1 heterocycles. The molecule has 0 radical (unpaired) electrons. The van der Waals surface area contributed by atoms with Gasteiger partial charge in [-0.3, -0.25) is 9.59 Å². The van der Waals surface area contributed by atoms with Crippen LogP contribution in [0.5, 0.6) is 0 Å². The van der Waals surface area contributed by atoms with Gasteiger partial charge in [-0.05, 0) is 24.1 Å². The molecule has 0 spiro atoms. The summed E-state index contributed by atoms with van der Waals surface area (Å²) in [6.07, 6.45) is 0.208. The van der Waals surface area contributed by atoms with E-state index in [-0.39, 0.29) is 25.5 Å². The van der Waals surface area contributed by atoms with Crippen LogP contribution < -0.4 is 0 Å². The van der Waals surface area contributed by atoms with Crippen LogP contribution in [0.15, 0.2) is 18.2 Å². The van der Waals surface area contributed by atoms with Gasteiger partial charge in [0.25, 0.3) is 0 Å². The van der Waals surface area contributed by atoms with E-state index in [2.05, 4.69) is 0 Å². The number of carboxylic acid groups (broad SMARTS) is 1. The van der Waals surface area contributed by atoms with Gasteiger partial charge < -0.3 is 14.7 Å². The molecule has 2 rings (SSSR count). The predicted molar refractivity (Wildman–Crippen MR) is 73.2 cm³/mol. The zero-order chi connectivity index (χ0) is 16.3.